The Morgan fingerprint density at radius 1 is 0.931 bits per heavy atom. The third kappa shape index (κ3) is 10.5. The van der Waals surface area contributed by atoms with E-state index in [1.165, 1.54) is 6.92 Å². The van der Waals surface area contributed by atoms with Crippen LogP contribution in [0.2, 0.25) is 0 Å². The van der Waals surface area contributed by atoms with E-state index in [4.69, 9.17) is 14.2 Å². The number of carbonyl (C=O) groups excluding carboxylic acids is 3. The van der Waals surface area contributed by atoms with Crippen LogP contribution in [0.1, 0.15) is 74.1 Å². The van der Waals surface area contributed by atoms with Crippen LogP contribution in [-0.4, -0.2) is 54.5 Å². The van der Waals surface area contributed by atoms with Crippen LogP contribution >= 0.6 is 0 Å². The van der Waals surface area contributed by atoms with Crippen LogP contribution in [0.3, 0.4) is 0 Å². The van der Waals surface area contributed by atoms with E-state index in [-0.39, 0.29) is 12.0 Å². The maximum Gasteiger partial charge on any atom is 0.407 e. The minimum atomic E-state index is -0.941. The Hall–Kier alpha value is -1.83. The van der Waals surface area contributed by atoms with Crippen molar-refractivity contribution in [2.75, 3.05) is 13.1 Å². The van der Waals surface area contributed by atoms with Crippen molar-refractivity contribution < 1.29 is 28.6 Å². The minimum absolute atomic E-state index is 0.0129. The molecule has 0 bridgehead atoms. The van der Waals surface area contributed by atoms with Gasteiger partial charge in [0.05, 0.1) is 0 Å². The van der Waals surface area contributed by atoms with Crippen molar-refractivity contribution in [1.29, 1.82) is 0 Å². The lowest BCUT2D eigenvalue weighted by atomic mass is 9.80. The van der Waals surface area contributed by atoms with Gasteiger partial charge >= 0.3 is 18.0 Å². The maximum absolute atomic E-state index is 12.7. The molecule has 3 unspecified atom stereocenters. The average molecular weight is 415 g/mol. The first-order chi connectivity index (χ1) is 13.3. The number of esters is 2. The first kappa shape index (κ1) is 25.2. The Balaban J connectivity index is 2.68. The highest BCUT2D eigenvalue weighted by molar-refractivity contribution is 5.79. The van der Waals surface area contributed by atoms with Crippen molar-refractivity contribution in [2.24, 2.45) is 5.92 Å². The summed E-state index contributed by atoms with van der Waals surface area (Å²) in [6.07, 6.45) is 2.19. The van der Waals surface area contributed by atoms with Crippen molar-refractivity contribution in [3.05, 3.63) is 0 Å². The molecule has 1 saturated carbocycles. The van der Waals surface area contributed by atoms with Crippen LogP contribution in [-0.2, 0) is 23.8 Å². The first-order valence-corrected chi connectivity index (χ1v) is 10.4. The molecule has 0 aromatic heterocycles. The second-order valence-corrected chi connectivity index (χ2v) is 9.50. The topological polar surface area (TPSA) is 103 Å². The molecule has 1 aliphatic rings. The van der Waals surface area contributed by atoms with Gasteiger partial charge in [-0.15, -0.1) is 0 Å². The summed E-state index contributed by atoms with van der Waals surface area (Å²) in [5.74, 6) is -1.20. The third-order valence-electron chi connectivity index (χ3n) is 4.34. The molecule has 0 saturated heterocycles. The van der Waals surface area contributed by atoms with Crippen LogP contribution in [0.15, 0.2) is 0 Å². The van der Waals surface area contributed by atoms with Crippen molar-refractivity contribution in [3.63, 3.8) is 0 Å². The fraction of sp³-hybridized carbons (Fsp3) is 0.857. The Morgan fingerprint density at radius 3 is 2.07 bits per heavy atom. The van der Waals surface area contributed by atoms with Gasteiger partial charge in [-0.1, -0.05) is 12.8 Å². The molecule has 1 amide bonds. The molecule has 8 heteroatoms. The summed E-state index contributed by atoms with van der Waals surface area (Å²) in [6.45, 7) is 13.0. The fourth-order valence-electron chi connectivity index (χ4n) is 3.36. The van der Waals surface area contributed by atoms with Gasteiger partial charge in [0.15, 0.2) is 0 Å². The Labute approximate surface area is 174 Å². The number of hydrogen-bond donors (Lipinski definition) is 2. The molecule has 2 N–H and O–H groups in total. The lowest BCUT2D eigenvalue weighted by Gasteiger charge is -2.37. The third-order valence-corrected chi connectivity index (χ3v) is 4.34. The molecule has 168 valence electrons. The van der Waals surface area contributed by atoms with Crippen molar-refractivity contribution in [3.8, 4) is 0 Å². The molecule has 0 spiro atoms. The van der Waals surface area contributed by atoms with Gasteiger partial charge in [0.1, 0.15) is 11.2 Å². The predicted octanol–water partition coefficient (Wildman–Crippen LogP) is 2.93. The van der Waals surface area contributed by atoms with E-state index >= 15 is 0 Å². The van der Waals surface area contributed by atoms with Crippen LogP contribution < -0.4 is 10.6 Å². The molecule has 0 radical (unpaired) electrons. The van der Waals surface area contributed by atoms with Gasteiger partial charge in [0, 0.05) is 32.0 Å². The number of hydrogen-bond acceptors (Lipinski definition) is 7. The molecule has 0 aromatic carbocycles. The zero-order valence-electron chi connectivity index (χ0n) is 18.9. The summed E-state index contributed by atoms with van der Waals surface area (Å²) < 4.78 is 16.1. The average Bonchev–Trinajstić information content (AvgIpc) is 2.53. The zero-order valence-corrected chi connectivity index (χ0v) is 18.9. The van der Waals surface area contributed by atoms with E-state index in [2.05, 4.69) is 10.6 Å². The highest BCUT2D eigenvalue weighted by atomic mass is 16.6. The van der Waals surface area contributed by atoms with E-state index in [0.29, 0.717) is 13.1 Å². The van der Waals surface area contributed by atoms with Gasteiger partial charge in [-0.05, 0) is 54.4 Å². The SMILES string of the molecule is CC(=O)OC(C(=O)OC(C)(C)C)C1CCCCC1NCCNC(=O)OC(C)(C)C. The minimum Gasteiger partial charge on any atom is -0.457 e. The molecule has 29 heavy (non-hydrogen) atoms. The maximum atomic E-state index is 12.7. The molecule has 1 aliphatic carbocycles. The van der Waals surface area contributed by atoms with Gasteiger partial charge in [-0.3, -0.25) is 4.79 Å². The smallest absolute Gasteiger partial charge is 0.407 e. The summed E-state index contributed by atoms with van der Waals surface area (Å²) in [5, 5.41) is 6.10. The summed E-state index contributed by atoms with van der Waals surface area (Å²) in [7, 11) is 0. The van der Waals surface area contributed by atoms with E-state index < -0.39 is 35.3 Å². The zero-order chi connectivity index (χ0) is 22.2. The van der Waals surface area contributed by atoms with E-state index in [0.717, 1.165) is 25.7 Å². The van der Waals surface area contributed by atoms with Crippen molar-refractivity contribution in [2.45, 2.75) is 97.5 Å². The number of nitrogens with one attached hydrogen (secondary N) is 2. The van der Waals surface area contributed by atoms with Gasteiger partial charge in [-0.25, -0.2) is 9.59 Å². The van der Waals surface area contributed by atoms with Crippen LogP contribution in [0.5, 0.6) is 0 Å². The molecule has 1 rings (SSSR count). The van der Waals surface area contributed by atoms with Crippen LogP contribution in [0.25, 0.3) is 0 Å². The Kier molecular flexibility index (Phi) is 9.39. The van der Waals surface area contributed by atoms with Crippen molar-refractivity contribution in [1.82, 2.24) is 10.6 Å². The Bertz CT molecular complexity index is 564. The largest absolute Gasteiger partial charge is 0.457 e. The monoisotopic (exact) mass is 414 g/mol. The number of amides is 1. The summed E-state index contributed by atoms with van der Waals surface area (Å²) in [5.41, 5.74) is -1.21. The standard InChI is InChI=1S/C21H38N2O6/c1-14(24)27-17(18(25)28-20(2,3)4)15-10-8-9-11-16(15)22-12-13-23-19(26)29-21(5,6)7/h15-17,22H,8-13H2,1-7H3,(H,23,26). The van der Waals surface area contributed by atoms with Crippen LogP contribution in [0.4, 0.5) is 4.79 Å². The predicted molar refractivity (Wildman–Crippen MR) is 109 cm³/mol. The molecular weight excluding hydrogens is 376 g/mol. The van der Waals surface area contributed by atoms with E-state index in [9.17, 15) is 14.4 Å². The summed E-state index contributed by atoms with van der Waals surface area (Å²) in [4.78, 5) is 36.0. The first-order valence-electron chi connectivity index (χ1n) is 10.4. The molecule has 8 nitrogen and oxygen atoms in total. The van der Waals surface area contributed by atoms with Crippen molar-refractivity contribution >= 4 is 18.0 Å². The van der Waals surface area contributed by atoms with E-state index in [1.807, 2.05) is 20.8 Å². The number of ether oxygens (including phenoxy) is 3. The quantitative estimate of drug-likeness (QED) is 0.375. The lowest BCUT2D eigenvalue weighted by molar-refractivity contribution is -0.180. The van der Waals surface area contributed by atoms with E-state index in [1.54, 1.807) is 20.8 Å². The van der Waals surface area contributed by atoms with Gasteiger partial charge in [0.2, 0.25) is 6.10 Å². The van der Waals surface area contributed by atoms with Gasteiger partial charge in [-0.2, -0.15) is 0 Å². The lowest BCUT2D eigenvalue weighted by Crippen LogP contribution is -2.51. The highest BCUT2D eigenvalue weighted by Crippen LogP contribution is 2.30. The second-order valence-electron chi connectivity index (χ2n) is 9.50. The number of carbonyl (C=O) groups is 3. The molecule has 3 atom stereocenters. The Morgan fingerprint density at radius 2 is 1.52 bits per heavy atom. The van der Waals surface area contributed by atoms with Gasteiger partial charge < -0.3 is 24.8 Å². The molecule has 0 heterocycles. The fourth-order valence-corrected chi connectivity index (χ4v) is 3.36. The normalized spacial score (nSPS) is 21.1. The van der Waals surface area contributed by atoms with Gasteiger partial charge in [0.25, 0.3) is 0 Å². The summed E-state index contributed by atoms with van der Waals surface area (Å²) in [6, 6.07) is -0.0129. The second kappa shape index (κ2) is 10.8. The molecular formula is C21H38N2O6. The number of alkyl carbamates (subject to hydrolysis) is 1. The highest BCUT2D eigenvalue weighted by Gasteiger charge is 2.40. The molecule has 0 aliphatic heterocycles. The molecule has 0 aromatic rings. The molecule has 1 fully saturated rings. The number of rotatable bonds is 7. The van der Waals surface area contributed by atoms with Crippen LogP contribution in [0, 0.1) is 5.92 Å². The summed E-state index contributed by atoms with van der Waals surface area (Å²) >= 11 is 0.